The lowest BCUT2D eigenvalue weighted by Gasteiger charge is -2.34. The van der Waals surface area contributed by atoms with Crippen molar-refractivity contribution in [3.63, 3.8) is 0 Å². The van der Waals surface area contributed by atoms with E-state index in [0.29, 0.717) is 18.8 Å². The van der Waals surface area contributed by atoms with Crippen LogP contribution in [0.4, 0.5) is 0 Å². The van der Waals surface area contributed by atoms with E-state index in [4.69, 9.17) is 5.11 Å². The van der Waals surface area contributed by atoms with Gasteiger partial charge in [0.25, 0.3) is 0 Å². The van der Waals surface area contributed by atoms with Crippen LogP contribution in [0.2, 0.25) is 0 Å². The molecule has 0 radical (unpaired) electrons. The van der Waals surface area contributed by atoms with E-state index < -0.39 is 5.97 Å². The summed E-state index contributed by atoms with van der Waals surface area (Å²) < 4.78 is 0. The van der Waals surface area contributed by atoms with Crippen molar-refractivity contribution >= 4 is 11.9 Å². The summed E-state index contributed by atoms with van der Waals surface area (Å²) in [6.07, 6.45) is 0.727. The first-order valence-electron chi connectivity index (χ1n) is 6.32. The number of aromatic carboxylic acids is 1. The van der Waals surface area contributed by atoms with Gasteiger partial charge in [0.15, 0.2) is 0 Å². The van der Waals surface area contributed by atoms with Crippen LogP contribution in [0.3, 0.4) is 0 Å². The van der Waals surface area contributed by atoms with Crippen molar-refractivity contribution in [2.24, 2.45) is 0 Å². The van der Waals surface area contributed by atoms with Crippen molar-refractivity contribution in [2.75, 3.05) is 13.1 Å². The molecule has 0 saturated carbocycles. The molecule has 2 N–H and O–H groups in total. The normalized spacial score (nSPS) is 20.1. The first-order valence-corrected chi connectivity index (χ1v) is 6.32. The van der Waals surface area contributed by atoms with Gasteiger partial charge in [-0.3, -0.25) is 9.69 Å². The predicted molar refractivity (Wildman–Crippen MR) is 68.7 cm³/mol. The number of carbonyl (C=O) groups excluding carboxylic acids is 1. The van der Waals surface area contributed by atoms with Crippen molar-refractivity contribution in [2.45, 2.75) is 25.9 Å². The van der Waals surface area contributed by atoms with Crippen LogP contribution in [0.5, 0.6) is 0 Å². The number of pyridine rings is 1. The van der Waals surface area contributed by atoms with E-state index in [9.17, 15) is 9.59 Å². The molecule has 0 aliphatic carbocycles. The lowest BCUT2D eigenvalue weighted by atomic mass is 10.1. The van der Waals surface area contributed by atoms with Gasteiger partial charge in [-0.1, -0.05) is 13.0 Å². The Morgan fingerprint density at radius 1 is 1.58 bits per heavy atom. The van der Waals surface area contributed by atoms with Crippen LogP contribution in [0.15, 0.2) is 18.2 Å². The van der Waals surface area contributed by atoms with Crippen molar-refractivity contribution in [3.8, 4) is 0 Å². The van der Waals surface area contributed by atoms with E-state index in [1.54, 1.807) is 12.1 Å². The summed E-state index contributed by atoms with van der Waals surface area (Å²) in [4.78, 5) is 28.7. The fourth-order valence-electron chi connectivity index (χ4n) is 2.29. The van der Waals surface area contributed by atoms with Gasteiger partial charge in [0.1, 0.15) is 5.69 Å². The Bertz CT molecular complexity index is 490. The molecule has 6 heteroatoms. The zero-order valence-corrected chi connectivity index (χ0v) is 10.8. The number of piperazine rings is 1. The third-order valence-corrected chi connectivity index (χ3v) is 3.22. The number of carboxylic acids is 1. The summed E-state index contributed by atoms with van der Waals surface area (Å²) >= 11 is 0. The quantitative estimate of drug-likeness (QED) is 0.826. The SMILES string of the molecule is CCC1C(=O)NCCN1Cc1cccc(C(=O)O)n1. The third-order valence-electron chi connectivity index (χ3n) is 3.22. The van der Waals surface area contributed by atoms with Gasteiger partial charge < -0.3 is 10.4 Å². The van der Waals surface area contributed by atoms with E-state index in [1.165, 1.54) is 6.07 Å². The largest absolute Gasteiger partial charge is 0.477 e. The molecule has 1 amide bonds. The molecule has 1 fully saturated rings. The number of amides is 1. The molecule has 1 aliphatic heterocycles. The Hall–Kier alpha value is -1.95. The first kappa shape index (κ1) is 13.5. The van der Waals surface area contributed by atoms with Crippen LogP contribution in [0, 0.1) is 0 Å². The summed E-state index contributed by atoms with van der Waals surface area (Å²) in [6, 6.07) is 4.76. The van der Waals surface area contributed by atoms with Crippen LogP contribution in [0.25, 0.3) is 0 Å². The van der Waals surface area contributed by atoms with E-state index in [-0.39, 0.29) is 17.6 Å². The number of nitrogens with zero attached hydrogens (tertiary/aromatic N) is 2. The van der Waals surface area contributed by atoms with Gasteiger partial charge in [0.05, 0.1) is 11.7 Å². The zero-order valence-electron chi connectivity index (χ0n) is 10.8. The molecule has 1 aromatic rings. The van der Waals surface area contributed by atoms with E-state index in [1.807, 2.05) is 11.8 Å². The summed E-state index contributed by atoms with van der Waals surface area (Å²) in [7, 11) is 0. The van der Waals surface area contributed by atoms with Gasteiger partial charge in [0.2, 0.25) is 5.91 Å². The van der Waals surface area contributed by atoms with Crippen LogP contribution >= 0.6 is 0 Å². The van der Waals surface area contributed by atoms with E-state index in [2.05, 4.69) is 10.3 Å². The molecular formula is C13H17N3O3. The van der Waals surface area contributed by atoms with Crippen molar-refractivity contribution in [3.05, 3.63) is 29.6 Å². The summed E-state index contributed by atoms with van der Waals surface area (Å²) in [5.74, 6) is -1.01. The maximum atomic E-state index is 11.7. The maximum Gasteiger partial charge on any atom is 0.354 e. The second kappa shape index (κ2) is 5.79. The van der Waals surface area contributed by atoms with Crippen LogP contribution < -0.4 is 5.32 Å². The Balaban J connectivity index is 2.13. The minimum atomic E-state index is -1.04. The van der Waals surface area contributed by atoms with E-state index in [0.717, 1.165) is 13.0 Å². The Labute approximate surface area is 111 Å². The Morgan fingerprint density at radius 2 is 2.37 bits per heavy atom. The Kier molecular flexibility index (Phi) is 4.11. The molecule has 0 aromatic carbocycles. The van der Waals surface area contributed by atoms with Gasteiger partial charge in [-0.15, -0.1) is 0 Å². The van der Waals surface area contributed by atoms with Gasteiger partial charge in [-0.2, -0.15) is 0 Å². The van der Waals surface area contributed by atoms with Crippen molar-refractivity contribution < 1.29 is 14.7 Å². The van der Waals surface area contributed by atoms with Crippen molar-refractivity contribution in [1.29, 1.82) is 0 Å². The topological polar surface area (TPSA) is 82.5 Å². The minimum Gasteiger partial charge on any atom is -0.477 e. The zero-order chi connectivity index (χ0) is 13.8. The fourth-order valence-corrected chi connectivity index (χ4v) is 2.29. The highest BCUT2D eigenvalue weighted by Crippen LogP contribution is 2.12. The summed E-state index contributed by atoms with van der Waals surface area (Å²) in [5.41, 5.74) is 0.708. The number of aromatic nitrogens is 1. The molecule has 1 saturated heterocycles. The molecule has 1 unspecified atom stereocenters. The van der Waals surface area contributed by atoms with Crippen LogP contribution in [-0.2, 0) is 11.3 Å². The lowest BCUT2D eigenvalue weighted by Crippen LogP contribution is -2.54. The number of carboxylic acid groups (broad SMARTS) is 1. The van der Waals surface area contributed by atoms with Gasteiger partial charge >= 0.3 is 5.97 Å². The standard InChI is InChI=1S/C13H17N3O3/c1-2-11-12(17)14-6-7-16(11)8-9-4-3-5-10(15-9)13(18)19/h3-5,11H,2,6-8H2,1H3,(H,14,17)(H,18,19). The molecule has 2 heterocycles. The highest BCUT2D eigenvalue weighted by Gasteiger charge is 2.28. The molecule has 0 bridgehead atoms. The number of hydrogen-bond donors (Lipinski definition) is 2. The van der Waals surface area contributed by atoms with Crippen LogP contribution in [0.1, 0.15) is 29.5 Å². The monoisotopic (exact) mass is 263 g/mol. The Morgan fingerprint density at radius 3 is 3.05 bits per heavy atom. The molecule has 102 valence electrons. The highest BCUT2D eigenvalue weighted by atomic mass is 16.4. The van der Waals surface area contributed by atoms with Gasteiger partial charge in [-0.05, 0) is 18.6 Å². The fraction of sp³-hybridized carbons (Fsp3) is 0.462. The van der Waals surface area contributed by atoms with Crippen LogP contribution in [-0.4, -0.2) is 46.0 Å². The second-order valence-electron chi connectivity index (χ2n) is 4.50. The maximum absolute atomic E-state index is 11.7. The van der Waals surface area contributed by atoms with Crippen molar-refractivity contribution in [1.82, 2.24) is 15.2 Å². The molecule has 6 nitrogen and oxygen atoms in total. The molecule has 2 rings (SSSR count). The van der Waals surface area contributed by atoms with E-state index >= 15 is 0 Å². The smallest absolute Gasteiger partial charge is 0.354 e. The summed E-state index contributed by atoms with van der Waals surface area (Å²) in [6.45, 7) is 3.83. The van der Waals surface area contributed by atoms with Gasteiger partial charge in [-0.25, -0.2) is 9.78 Å². The number of rotatable bonds is 4. The first-order chi connectivity index (χ1) is 9.11. The molecular weight excluding hydrogens is 246 g/mol. The molecule has 1 aliphatic rings. The highest BCUT2D eigenvalue weighted by molar-refractivity contribution is 5.85. The molecule has 1 atom stereocenters. The minimum absolute atomic E-state index is 0.0307. The molecule has 1 aromatic heterocycles. The third kappa shape index (κ3) is 3.08. The average Bonchev–Trinajstić information content (AvgIpc) is 2.39. The summed E-state index contributed by atoms with van der Waals surface area (Å²) in [5, 5.41) is 11.7. The number of nitrogens with one attached hydrogen (secondary N) is 1. The average molecular weight is 263 g/mol. The second-order valence-corrected chi connectivity index (χ2v) is 4.50. The molecule has 0 spiro atoms. The number of hydrogen-bond acceptors (Lipinski definition) is 4. The lowest BCUT2D eigenvalue weighted by molar-refractivity contribution is -0.129. The number of carbonyl (C=O) groups is 2. The van der Waals surface area contributed by atoms with Gasteiger partial charge in [0, 0.05) is 19.6 Å². The predicted octanol–water partition coefficient (Wildman–Crippen LogP) is 0.490. The molecule has 19 heavy (non-hydrogen) atoms.